The minimum Gasteiger partial charge on any atom is -0.497 e. The second-order valence-electron chi connectivity index (χ2n) is 5.68. The van der Waals surface area contributed by atoms with Gasteiger partial charge in [-0.1, -0.05) is 25.1 Å². The van der Waals surface area contributed by atoms with E-state index < -0.39 is 0 Å². The van der Waals surface area contributed by atoms with Crippen molar-refractivity contribution in [1.29, 1.82) is 5.41 Å². The number of nitrogens with zero attached hydrogens (tertiary/aromatic N) is 1. The van der Waals surface area contributed by atoms with Gasteiger partial charge in [0.1, 0.15) is 5.75 Å². The average molecular weight is 323 g/mol. The Hall–Kier alpha value is -2.75. The molecular weight excluding hydrogens is 298 g/mol. The second kappa shape index (κ2) is 8.20. The van der Waals surface area contributed by atoms with Gasteiger partial charge in [0.2, 0.25) is 0 Å². The van der Waals surface area contributed by atoms with Gasteiger partial charge in [0, 0.05) is 18.4 Å². The Kier molecular flexibility index (Phi) is 6.01. The molecule has 0 fully saturated rings. The number of benzene rings is 2. The zero-order valence-corrected chi connectivity index (χ0v) is 14.5. The average Bonchev–Trinajstić information content (AvgIpc) is 2.59. The molecule has 24 heavy (non-hydrogen) atoms. The molecule has 0 aromatic heterocycles. The molecule has 0 saturated heterocycles. The molecule has 4 heteroatoms. The van der Waals surface area contributed by atoms with Crippen molar-refractivity contribution < 1.29 is 4.74 Å². The van der Waals surface area contributed by atoms with Crippen LogP contribution >= 0.6 is 0 Å². The van der Waals surface area contributed by atoms with Crippen molar-refractivity contribution in [3.63, 3.8) is 0 Å². The lowest BCUT2D eigenvalue weighted by Gasteiger charge is -2.21. The van der Waals surface area contributed by atoms with E-state index in [1.54, 1.807) is 14.0 Å². The van der Waals surface area contributed by atoms with Crippen molar-refractivity contribution in [2.75, 3.05) is 12.8 Å². The van der Waals surface area contributed by atoms with Crippen molar-refractivity contribution >= 4 is 17.6 Å². The first kappa shape index (κ1) is 17.6. The first-order chi connectivity index (χ1) is 11.5. The highest BCUT2D eigenvalue weighted by Crippen LogP contribution is 2.20. The summed E-state index contributed by atoms with van der Waals surface area (Å²) >= 11 is 0. The van der Waals surface area contributed by atoms with E-state index in [0.717, 1.165) is 23.4 Å². The fourth-order valence-electron chi connectivity index (χ4n) is 2.46. The molecule has 0 bridgehead atoms. The molecule has 0 radical (unpaired) electrons. The predicted molar refractivity (Wildman–Crippen MR) is 101 cm³/mol. The van der Waals surface area contributed by atoms with E-state index in [1.165, 1.54) is 11.1 Å². The van der Waals surface area contributed by atoms with Crippen LogP contribution in [0.5, 0.6) is 5.75 Å². The summed E-state index contributed by atoms with van der Waals surface area (Å²) in [5, 5.41) is 8.04. The Morgan fingerprint density at radius 3 is 2.46 bits per heavy atom. The van der Waals surface area contributed by atoms with Crippen LogP contribution in [0.25, 0.3) is 6.08 Å². The maximum atomic E-state index is 8.04. The number of nitrogens with one attached hydrogen (secondary N) is 1. The predicted octanol–water partition coefficient (Wildman–Crippen LogP) is 4.31. The van der Waals surface area contributed by atoms with Crippen LogP contribution in [0.1, 0.15) is 30.5 Å². The minimum atomic E-state index is 0.500. The van der Waals surface area contributed by atoms with Gasteiger partial charge < -0.3 is 15.4 Å². The number of amidine groups is 1. The maximum Gasteiger partial charge on any atom is 0.119 e. The van der Waals surface area contributed by atoms with E-state index in [0.29, 0.717) is 12.4 Å². The number of nitrogen functional groups attached to an aromatic ring is 1. The van der Waals surface area contributed by atoms with Crippen molar-refractivity contribution in [1.82, 2.24) is 4.90 Å². The molecule has 0 amide bonds. The molecule has 0 aliphatic carbocycles. The standard InChI is InChI=1S/C20H25N3O/c1-4-17-13-20(24-3)10-7-18(17)14-23(15(2)21)12-11-16-5-8-19(22)9-6-16/h5-13,21H,4,14,22H2,1-3H3/b12-11-,21-15?. The molecule has 0 atom stereocenters. The van der Waals surface area contributed by atoms with Gasteiger partial charge in [0.15, 0.2) is 0 Å². The third kappa shape index (κ3) is 4.62. The van der Waals surface area contributed by atoms with Crippen LogP contribution < -0.4 is 10.5 Å². The van der Waals surface area contributed by atoms with Gasteiger partial charge in [-0.05, 0) is 60.4 Å². The molecule has 0 heterocycles. The van der Waals surface area contributed by atoms with Crippen LogP contribution in [0.2, 0.25) is 0 Å². The van der Waals surface area contributed by atoms with Crippen LogP contribution in [-0.4, -0.2) is 17.8 Å². The van der Waals surface area contributed by atoms with Crippen LogP contribution in [0.15, 0.2) is 48.7 Å². The highest BCUT2D eigenvalue weighted by atomic mass is 16.5. The third-order valence-corrected chi connectivity index (χ3v) is 3.95. The van der Waals surface area contributed by atoms with Crippen LogP contribution in [0.3, 0.4) is 0 Å². The topological polar surface area (TPSA) is 62.3 Å². The summed E-state index contributed by atoms with van der Waals surface area (Å²) in [6, 6.07) is 13.8. The number of ether oxygens (including phenoxy) is 1. The monoisotopic (exact) mass is 323 g/mol. The highest BCUT2D eigenvalue weighted by molar-refractivity contribution is 5.78. The molecule has 4 nitrogen and oxygen atoms in total. The Morgan fingerprint density at radius 1 is 1.17 bits per heavy atom. The minimum absolute atomic E-state index is 0.500. The SMILES string of the molecule is CCc1cc(OC)ccc1CN(/C=C\c1ccc(N)cc1)C(C)=N. The largest absolute Gasteiger partial charge is 0.497 e. The third-order valence-electron chi connectivity index (χ3n) is 3.95. The number of hydrogen-bond acceptors (Lipinski definition) is 3. The molecule has 2 aromatic rings. The van der Waals surface area contributed by atoms with E-state index in [4.69, 9.17) is 15.9 Å². The summed E-state index contributed by atoms with van der Waals surface area (Å²) in [6.07, 6.45) is 4.86. The lowest BCUT2D eigenvalue weighted by atomic mass is 10.0. The Morgan fingerprint density at radius 2 is 1.88 bits per heavy atom. The summed E-state index contributed by atoms with van der Waals surface area (Å²) in [4.78, 5) is 1.93. The first-order valence-corrected chi connectivity index (χ1v) is 8.04. The van der Waals surface area contributed by atoms with Gasteiger partial charge in [-0.3, -0.25) is 5.41 Å². The van der Waals surface area contributed by atoms with Gasteiger partial charge in [-0.25, -0.2) is 0 Å². The Bertz CT molecular complexity index is 720. The molecule has 0 saturated carbocycles. The second-order valence-corrected chi connectivity index (χ2v) is 5.68. The van der Waals surface area contributed by atoms with Crippen molar-refractivity contribution in [3.8, 4) is 5.75 Å². The molecular formula is C20H25N3O. The molecule has 0 spiro atoms. The molecule has 0 unspecified atom stereocenters. The number of nitrogens with two attached hydrogens (primary N) is 1. The molecule has 0 aliphatic rings. The van der Waals surface area contributed by atoms with Crippen molar-refractivity contribution in [2.24, 2.45) is 0 Å². The lowest BCUT2D eigenvalue weighted by molar-refractivity contribution is 0.413. The molecule has 2 aromatic carbocycles. The normalized spacial score (nSPS) is 10.8. The van der Waals surface area contributed by atoms with Crippen molar-refractivity contribution in [3.05, 3.63) is 65.4 Å². The van der Waals surface area contributed by atoms with Crippen LogP contribution in [0, 0.1) is 5.41 Å². The quantitative estimate of drug-likeness (QED) is 0.473. The summed E-state index contributed by atoms with van der Waals surface area (Å²) in [5.41, 5.74) is 9.95. The number of rotatable bonds is 6. The summed E-state index contributed by atoms with van der Waals surface area (Å²) in [7, 11) is 1.68. The van der Waals surface area contributed by atoms with Gasteiger partial charge in [0.25, 0.3) is 0 Å². The summed E-state index contributed by atoms with van der Waals surface area (Å²) in [5.74, 6) is 1.37. The summed E-state index contributed by atoms with van der Waals surface area (Å²) < 4.78 is 5.30. The maximum absolute atomic E-state index is 8.04. The van der Waals surface area contributed by atoms with E-state index >= 15 is 0 Å². The van der Waals surface area contributed by atoms with Gasteiger partial charge in [-0.2, -0.15) is 0 Å². The zero-order valence-electron chi connectivity index (χ0n) is 14.5. The number of aryl methyl sites for hydroxylation is 1. The van der Waals surface area contributed by atoms with E-state index in [2.05, 4.69) is 19.1 Å². The van der Waals surface area contributed by atoms with E-state index in [9.17, 15) is 0 Å². The van der Waals surface area contributed by atoms with Gasteiger partial charge >= 0.3 is 0 Å². The number of hydrogen-bond donors (Lipinski definition) is 2. The van der Waals surface area contributed by atoms with Gasteiger partial charge in [0.05, 0.1) is 12.9 Å². The molecule has 2 rings (SSSR count). The molecule has 0 aliphatic heterocycles. The smallest absolute Gasteiger partial charge is 0.119 e. The van der Waals surface area contributed by atoms with E-state index in [-0.39, 0.29) is 0 Å². The molecule has 126 valence electrons. The first-order valence-electron chi connectivity index (χ1n) is 8.04. The fourth-order valence-corrected chi connectivity index (χ4v) is 2.46. The van der Waals surface area contributed by atoms with Gasteiger partial charge in [-0.15, -0.1) is 0 Å². The highest BCUT2D eigenvalue weighted by Gasteiger charge is 2.08. The van der Waals surface area contributed by atoms with E-state index in [1.807, 2.05) is 47.5 Å². The fraction of sp³-hybridized carbons (Fsp3) is 0.250. The van der Waals surface area contributed by atoms with Crippen molar-refractivity contribution in [2.45, 2.75) is 26.8 Å². The number of anilines is 1. The summed E-state index contributed by atoms with van der Waals surface area (Å²) in [6.45, 7) is 4.58. The molecule has 3 N–H and O–H groups in total. The lowest BCUT2D eigenvalue weighted by Crippen LogP contribution is -2.22. The Balaban J connectivity index is 2.19. The number of methoxy groups -OCH3 is 1. The zero-order chi connectivity index (χ0) is 17.5. The van der Waals surface area contributed by atoms with Crippen LogP contribution in [0.4, 0.5) is 5.69 Å². The van der Waals surface area contributed by atoms with Crippen LogP contribution in [-0.2, 0) is 13.0 Å². The Labute approximate surface area is 144 Å².